The highest BCUT2D eigenvalue weighted by Crippen LogP contribution is 2.19. The van der Waals surface area contributed by atoms with E-state index in [1.54, 1.807) is 24.3 Å². The van der Waals surface area contributed by atoms with Crippen LogP contribution in [0.5, 0.6) is 0 Å². The summed E-state index contributed by atoms with van der Waals surface area (Å²) in [4.78, 5) is 12.0. The standard InChI is InChI=1S/C16H10BrFN2O/c17-14-9-11(6-7-15(14)18)8-12(10-19)16(21)20-13-4-2-1-3-5-13/h1-9H,(H,20,21)/b12-8-. The van der Waals surface area contributed by atoms with Gasteiger partial charge in [-0.2, -0.15) is 5.26 Å². The van der Waals surface area contributed by atoms with E-state index < -0.39 is 11.7 Å². The second-order valence-electron chi connectivity index (χ2n) is 4.16. The zero-order valence-corrected chi connectivity index (χ0v) is 12.4. The Bertz CT molecular complexity index is 736. The number of benzene rings is 2. The van der Waals surface area contributed by atoms with Crippen molar-refractivity contribution in [2.75, 3.05) is 5.32 Å². The Morgan fingerprint density at radius 1 is 1.24 bits per heavy atom. The van der Waals surface area contributed by atoms with Crippen LogP contribution in [-0.2, 0) is 4.79 Å². The molecule has 104 valence electrons. The van der Waals surface area contributed by atoms with Gasteiger partial charge in [0.15, 0.2) is 0 Å². The van der Waals surface area contributed by atoms with Crippen LogP contribution in [0.2, 0.25) is 0 Å². The maximum absolute atomic E-state index is 13.2. The number of nitrogens with zero attached hydrogens (tertiary/aromatic N) is 1. The van der Waals surface area contributed by atoms with Crippen molar-refractivity contribution in [3.05, 3.63) is 70.0 Å². The molecule has 0 aliphatic carbocycles. The molecule has 3 nitrogen and oxygen atoms in total. The molecule has 2 rings (SSSR count). The maximum Gasteiger partial charge on any atom is 0.266 e. The zero-order valence-electron chi connectivity index (χ0n) is 10.8. The highest BCUT2D eigenvalue weighted by molar-refractivity contribution is 9.10. The van der Waals surface area contributed by atoms with Crippen molar-refractivity contribution < 1.29 is 9.18 Å². The molecule has 1 N–H and O–H groups in total. The van der Waals surface area contributed by atoms with Crippen molar-refractivity contribution in [2.45, 2.75) is 0 Å². The molecule has 2 aromatic carbocycles. The van der Waals surface area contributed by atoms with Crippen LogP contribution in [0.1, 0.15) is 5.56 Å². The Balaban J connectivity index is 2.22. The lowest BCUT2D eigenvalue weighted by atomic mass is 10.1. The van der Waals surface area contributed by atoms with Gasteiger partial charge >= 0.3 is 0 Å². The molecular formula is C16H10BrFN2O. The summed E-state index contributed by atoms with van der Waals surface area (Å²) in [6.07, 6.45) is 1.41. The summed E-state index contributed by atoms with van der Waals surface area (Å²) in [5.41, 5.74) is 1.10. The van der Waals surface area contributed by atoms with Gasteiger partial charge in [-0.05, 0) is 51.8 Å². The third kappa shape index (κ3) is 4.01. The third-order valence-corrected chi connectivity index (χ3v) is 3.26. The fourth-order valence-corrected chi connectivity index (χ4v) is 2.03. The van der Waals surface area contributed by atoms with Gasteiger partial charge in [0.25, 0.3) is 5.91 Å². The summed E-state index contributed by atoms with van der Waals surface area (Å²) in [7, 11) is 0. The fraction of sp³-hybridized carbons (Fsp3) is 0. The van der Waals surface area contributed by atoms with Crippen LogP contribution in [0.3, 0.4) is 0 Å². The minimum Gasteiger partial charge on any atom is -0.321 e. The predicted octanol–water partition coefficient (Wildman–Crippen LogP) is 4.13. The number of hydrogen-bond donors (Lipinski definition) is 1. The van der Waals surface area contributed by atoms with Crippen molar-refractivity contribution in [1.29, 1.82) is 5.26 Å². The van der Waals surface area contributed by atoms with Crippen LogP contribution in [0.4, 0.5) is 10.1 Å². The molecule has 0 saturated heterocycles. The van der Waals surface area contributed by atoms with E-state index in [-0.39, 0.29) is 10.0 Å². The molecule has 0 aliphatic heterocycles. The molecule has 0 aliphatic rings. The lowest BCUT2D eigenvalue weighted by Gasteiger charge is -2.04. The summed E-state index contributed by atoms with van der Waals surface area (Å²) in [6, 6.07) is 14.9. The fourth-order valence-electron chi connectivity index (χ4n) is 1.64. The number of nitriles is 1. The summed E-state index contributed by atoms with van der Waals surface area (Å²) >= 11 is 3.06. The average Bonchev–Trinajstić information content (AvgIpc) is 2.49. The molecule has 0 radical (unpaired) electrons. The minimum absolute atomic E-state index is 0.0580. The lowest BCUT2D eigenvalue weighted by Crippen LogP contribution is -2.13. The van der Waals surface area contributed by atoms with Crippen LogP contribution < -0.4 is 5.32 Å². The van der Waals surface area contributed by atoms with Crippen LogP contribution in [0, 0.1) is 17.1 Å². The van der Waals surface area contributed by atoms with E-state index in [4.69, 9.17) is 5.26 Å². The van der Waals surface area contributed by atoms with Crippen molar-refractivity contribution in [1.82, 2.24) is 0 Å². The monoisotopic (exact) mass is 344 g/mol. The number of anilines is 1. The zero-order chi connectivity index (χ0) is 15.2. The van der Waals surface area contributed by atoms with Gasteiger partial charge in [0.1, 0.15) is 17.5 Å². The van der Waals surface area contributed by atoms with Gasteiger partial charge < -0.3 is 5.32 Å². The van der Waals surface area contributed by atoms with Crippen molar-refractivity contribution >= 4 is 33.6 Å². The normalized spacial score (nSPS) is 10.8. The van der Waals surface area contributed by atoms with Crippen LogP contribution in [-0.4, -0.2) is 5.91 Å². The van der Waals surface area contributed by atoms with Crippen molar-refractivity contribution in [3.63, 3.8) is 0 Å². The first-order valence-corrected chi connectivity index (χ1v) is 6.82. The molecule has 5 heteroatoms. The minimum atomic E-state index is -0.510. The van der Waals surface area contributed by atoms with Gasteiger partial charge in [0, 0.05) is 5.69 Å². The second kappa shape index (κ2) is 6.82. The number of para-hydroxylation sites is 1. The summed E-state index contributed by atoms with van der Waals surface area (Å²) < 4.78 is 13.4. The van der Waals surface area contributed by atoms with Gasteiger partial charge in [0.05, 0.1) is 4.47 Å². The van der Waals surface area contributed by atoms with Crippen LogP contribution in [0.25, 0.3) is 6.08 Å². The summed E-state index contributed by atoms with van der Waals surface area (Å²) in [5, 5.41) is 11.7. The van der Waals surface area contributed by atoms with E-state index in [1.165, 1.54) is 24.3 Å². The largest absolute Gasteiger partial charge is 0.321 e. The van der Waals surface area contributed by atoms with Gasteiger partial charge in [-0.25, -0.2) is 4.39 Å². The molecule has 0 bridgehead atoms. The van der Waals surface area contributed by atoms with E-state index in [0.29, 0.717) is 11.3 Å². The van der Waals surface area contributed by atoms with E-state index >= 15 is 0 Å². The Morgan fingerprint density at radius 2 is 1.95 bits per heavy atom. The molecular weight excluding hydrogens is 335 g/mol. The van der Waals surface area contributed by atoms with Crippen LogP contribution in [0.15, 0.2) is 58.6 Å². The molecule has 0 saturated carbocycles. The van der Waals surface area contributed by atoms with E-state index in [9.17, 15) is 9.18 Å². The van der Waals surface area contributed by atoms with Crippen molar-refractivity contribution in [3.8, 4) is 6.07 Å². The van der Waals surface area contributed by atoms with Gasteiger partial charge in [-0.15, -0.1) is 0 Å². The quantitative estimate of drug-likeness (QED) is 0.672. The first kappa shape index (κ1) is 14.9. The Kier molecular flexibility index (Phi) is 4.85. The molecule has 21 heavy (non-hydrogen) atoms. The SMILES string of the molecule is N#C/C(=C/c1ccc(F)c(Br)c1)C(=O)Nc1ccccc1. The van der Waals surface area contributed by atoms with E-state index in [1.807, 2.05) is 12.1 Å². The summed E-state index contributed by atoms with van der Waals surface area (Å²) in [6.45, 7) is 0. The summed E-state index contributed by atoms with van der Waals surface area (Å²) in [5.74, 6) is -0.913. The Hall–Kier alpha value is -2.45. The number of amides is 1. The molecule has 0 unspecified atom stereocenters. The second-order valence-corrected chi connectivity index (χ2v) is 5.02. The third-order valence-electron chi connectivity index (χ3n) is 2.65. The number of carbonyl (C=O) groups excluding carboxylic acids is 1. The van der Waals surface area contributed by atoms with Crippen molar-refractivity contribution in [2.24, 2.45) is 0 Å². The van der Waals surface area contributed by atoms with Gasteiger partial charge in [0.2, 0.25) is 0 Å². The van der Waals surface area contributed by atoms with E-state index in [2.05, 4.69) is 21.2 Å². The molecule has 0 aromatic heterocycles. The van der Waals surface area contributed by atoms with Gasteiger partial charge in [-0.1, -0.05) is 24.3 Å². The molecule has 0 spiro atoms. The molecule has 2 aromatic rings. The topological polar surface area (TPSA) is 52.9 Å². The van der Waals surface area contributed by atoms with Gasteiger partial charge in [-0.3, -0.25) is 4.79 Å². The first-order chi connectivity index (χ1) is 10.1. The smallest absolute Gasteiger partial charge is 0.266 e. The number of hydrogen-bond acceptors (Lipinski definition) is 2. The first-order valence-electron chi connectivity index (χ1n) is 6.03. The Labute approximate surface area is 129 Å². The molecule has 0 heterocycles. The maximum atomic E-state index is 13.2. The van der Waals surface area contributed by atoms with Crippen LogP contribution >= 0.6 is 15.9 Å². The number of carbonyl (C=O) groups is 1. The number of rotatable bonds is 3. The molecule has 1 amide bonds. The highest BCUT2D eigenvalue weighted by atomic mass is 79.9. The molecule has 0 atom stereocenters. The number of halogens is 2. The lowest BCUT2D eigenvalue weighted by molar-refractivity contribution is -0.112. The average molecular weight is 345 g/mol. The predicted molar refractivity (Wildman–Crippen MR) is 82.8 cm³/mol. The highest BCUT2D eigenvalue weighted by Gasteiger charge is 2.09. The number of nitrogens with one attached hydrogen (secondary N) is 1. The molecule has 0 fully saturated rings. The Morgan fingerprint density at radius 3 is 2.57 bits per heavy atom. The van der Waals surface area contributed by atoms with E-state index in [0.717, 1.165) is 0 Å².